The minimum Gasteiger partial charge on any atom is -0.394 e. The number of hydrogen-bond acceptors (Lipinski definition) is 2. The van der Waals surface area contributed by atoms with Crippen molar-refractivity contribution in [3.8, 4) is 0 Å². The summed E-state index contributed by atoms with van der Waals surface area (Å²) in [4.78, 5) is 0. The first-order valence-corrected chi connectivity index (χ1v) is 5.46. The summed E-state index contributed by atoms with van der Waals surface area (Å²) >= 11 is 0. The third-order valence-corrected chi connectivity index (χ3v) is 2.88. The maximum Gasteiger partial charge on any atom is 0.0613 e. The lowest BCUT2D eigenvalue weighted by Crippen LogP contribution is -2.48. The Hall–Kier alpha value is -0.0800. The van der Waals surface area contributed by atoms with Crippen LogP contribution >= 0.6 is 0 Å². The molecule has 13 heavy (non-hydrogen) atoms. The quantitative estimate of drug-likeness (QED) is 0.640. The smallest absolute Gasteiger partial charge is 0.0613 e. The Balaban J connectivity index is 3.81. The van der Waals surface area contributed by atoms with Crippen LogP contribution in [0.4, 0.5) is 0 Å². The number of rotatable bonds is 7. The normalized spacial score (nSPS) is 12.5. The predicted octanol–water partition coefficient (Wildman–Crippen LogP) is 2.17. The van der Waals surface area contributed by atoms with Gasteiger partial charge in [-0.15, -0.1) is 0 Å². The molecule has 0 saturated carbocycles. The third kappa shape index (κ3) is 4.63. The number of aliphatic hydroxyl groups excluding tert-OH is 1. The summed E-state index contributed by atoms with van der Waals surface area (Å²) in [6.07, 6.45) is 3.18. The molecule has 0 amide bonds. The molecule has 0 heterocycles. The van der Waals surface area contributed by atoms with Gasteiger partial charge < -0.3 is 10.4 Å². The molecule has 80 valence electrons. The lowest BCUT2D eigenvalue weighted by Gasteiger charge is -2.31. The van der Waals surface area contributed by atoms with E-state index >= 15 is 0 Å². The molecule has 0 radical (unpaired) electrons. The van der Waals surface area contributed by atoms with Gasteiger partial charge in [0, 0.05) is 5.54 Å². The highest BCUT2D eigenvalue weighted by Crippen LogP contribution is 2.14. The van der Waals surface area contributed by atoms with E-state index in [0.717, 1.165) is 25.3 Å². The number of hydrogen-bond donors (Lipinski definition) is 2. The predicted molar refractivity (Wildman–Crippen MR) is 57.9 cm³/mol. The van der Waals surface area contributed by atoms with Gasteiger partial charge in [0.15, 0.2) is 0 Å². The zero-order chi connectivity index (χ0) is 10.3. The van der Waals surface area contributed by atoms with Crippen molar-refractivity contribution < 1.29 is 5.11 Å². The molecule has 0 rings (SSSR count). The van der Waals surface area contributed by atoms with Crippen molar-refractivity contribution in [1.29, 1.82) is 0 Å². The second-order valence-corrected chi connectivity index (χ2v) is 4.25. The molecule has 2 heteroatoms. The van der Waals surface area contributed by atoms with Crippen LogP contribution < -0.4 is 5.32 Å². The first-order chi connectivity index (χ1) is 6.10. The van der Waals surface area contributed by atoms with Gasteiger partial charge in [-0.3, -0.25) is 0 Å². The summed E-state index contributed by atoms with van der Waals surface area (Å²) in [5.41, 5.74) is -0.0328. The minimum atomic E-state index is -0.0328. The molecule has 0 atom stereocenters. The van der Waals surface area contributed by atoms with Crippen molar-refractivity contribution in [3.05, 3.63) is 0 Å². The molecule has 2 N–H and O–H groups in total. The van der Waals surface area contributed by atoms with Crippen molar-refractivity contribution in [3.63, 3.8) is 0 Å². The largest absolute Gasteiger partial charge is 0.394 e. The average Bonchev–Trinajstić information content (AvgIpc) is 2.13. The Kier molecular flexibility index (Phi) is 6.35. The molecule has 0 aromatic carbocycles. The summed E-state index contributed by atoms with van der Waals surface area (Å²) in [6, 6.07) is 0. The van der Waals surface area contributed by atoms with Crippen LogP contribution in [0.25, 0.3) is 0 Å². The fourth-order valence-corrected chi connectivity index (χ4v) is 1.41. The van der Waals surface area contributed by atoms with Crippen LogP contribution in [-0.4, -0.2) is 23.8 Å². The molecule has 0 spiro atoms. The van der Waals surface area contributed by atoms with E-state index in [1.54, 1.807) is 0 Å². The van der Waals surface area contributed by atoms with E-state index in [1.165, 1.54) is 6.42 Å². The second kappa shape index (κ2) is 6.39. The van der Waals surface area contributed by atoms with Crippen LogP contribution in [0.5, 0.6) is 0 Å². The van der Waals surface area contributed by atoms with Crippen LogP contribution in [0.15, 0.2) is 0 Å². The molecular formula is C11H25NO. The Morgan fingerprint density at radius 2 is 1.77 bits per heavy atom. The van der Waals surface area contributed by atoms with Gasteiger partial charge in [0.2, 0.25) is 0 Å². The van der Waals surface area contributed by atoms with E-state index in [9.17, 15) is 5.11 Å². The van der Waals surface area contributed by atoms with Gasteiger partial charge in [0.1, 0.15) is 0 Å². The van der Waals surface area contributed by atoms with Crippen molar-refractivity contribution in [2.45, 2.75) is 52.5 Å². The monoisotopic (exact) mass is 187 g/mol. The van der Waals surface area contributed by atoms with E-state index in [1.807, 2.05) is 0 Å². The van der Waals surface area contributed by atoms with Gasteiger partial charge in [0.05, 0.1) is 6.61 Å². The molecule has 0 bridgehead atoms. The zero-order valence-corrected chi connectivity index (χ0v) is 9.56. The average molecular weight is 187 g/mol. The van der Waals surface area contributed by atoms with Gasteiger partial charge in [-0.2, -0.15) is 0 Å². The van der Waals surface area contributed by atoms with Crippen LogP contribution in [0, 0.1) is 5.92 Å². The molecule has 2 nitrogen and oxygen atoms in total. The lowest BCUT2D eigenvalue weighted by molar-refractivity contribution is 0.149. The molecule has 0 saturated heterocycles. The summed E-state index contributed by atoms with van der Waals surface area (Å²) in [7, 11) is 0. The van der Waals surface area contributed by atoms with Gasteiger partial charge in [0.25, 0.3) is 0 Å². The first kappa shape index (κ1) is 12.9. The fraction of sp³-hybridized carbons (Fsp3) is 1.00. The second-order valence-electron chi connectivity index (χ2n) is 4.25. The third-order valence-electron chi connectivity index (χ3n) is 2.88. The maximum atomic E-state index is 9.28. The molecule has 0 aromatic rings. The van der Waals surface area contributed by atoms with E-state index in [2.05, 4.69) is 33.0 Å². The van der Waals surface area contributed by atoms with E-state index in [-0.39, 0.29) is 12.1 Å². The van der Waals surface area contributed by atoms with Crippen molar-refractivity contribution in [1.82, 2.24) is 5.32 Å². The van der Waals surface area contributed by atoms with Gasteiger partial charge in [-0.1, -0.05) is 27.7 Å². The van der Waals surface area contributed by atoms with E-state index in [0.29, 0.717) is 0 Å². The molecule has 0 aliphatic rings. The number of nitrogens with one attached hydrogen (secondary N) is 1. The topological polar surface area (TPSA) is 32.3 Å². The van der Waals surface area contributed by atoms with Crippen LogP contribution in [0.2, 0.25) is 0 Å². The molecule has 0 fully saturated rings. The van der Waals surface area contributed by atoms with Crippen LogP contribution in [-0.2, 0) is 0 Å². The van der Waals surface area contributed by atoms with Gasteiger partial charge >= 0.3 is 0 Å². The lowest BCUT2D eigenvalue weighted by atomic mass is 9.93. The summed E-state index contributed by atoms with van der Waals surface area (Å²) in [5.74, 6) is 0.734. The van der Waals surface area contributed by atoms with Crippen molar-refractivity contribution in [2.75, 3.05) is 13.2 Å². The van der Waals surface area contributed by atoms with Crippen LogP contribution in [0.3, 0.4) is 0 Å². The minimum absolute atomic E-state index is 0.0328. The van der Waals surface area contributed by atoms with E-state index in [4.69, 9.17) is 0 Å². The Morgan fingerprint density at radius 1 is 1.23 bits per heavy atom. The highest BCUT2D eigenvalue weighted by atomic mass is 16.3. The molecule has 0 aromatic heterocycles. The standard InChI is InChI=1S/C11H25NO/c1-5-11(6-2,9-13)12-8-7-10(3)4/h10,12-13H,5-9H2,1-4H3. The fourth-order valence-electron chi connectivity index (χ4n) is 1.41. The highest BCUT2D eigenvalue weighted by Gasteiger charge is 2.23. The number of aliphatic hydroxyl groups is 1. The summed E-state index contributed by atoms with van der Waals surface area (Å²) in [5, 5.41) is 12.7. The highest BCUT2D eigenvalue weighted by molar-refractivity contribution is 4.84. The van der Waals surface area contributed by atoms with E-state index < -0.39 is 0 Å². The SMILES string of the molecule is CCC(CC)(CO)NCCC(C)C. The molecule has 0 unspecified atom stereocenters. The maximum absolute atomic E-state index is 9.28. The van der Waals surface area contributed by atoms with Gasteiger partial charge in [-0.25, -0.2) is 0 Å². The van der Waals surface area contributed by atoms with Crippen molar-refractivity contribution >= 4 is 0 Å². The molecular weight excluding hydrogens is 162 g/mol. The summed E-state index contributed by atoms with van der Waals surface area (Å²) < 4.78 is 0. The van der Waals surface area contributed by atoms with Crippen LogP contribution in [0.1, 0.15) is 47.0 Å². The Bertz CT molecular complexity index is 111. The molecule has 0 aliphatic heterocycles. The first-order valence-electron chi connectivity index (χ1n) is 5.46. The molecule has 0 aliphatic carbocycles. The summed E-state index contributed by atoms with van der Waals surface area (Å²) in [6.45, 7) is 9.96. The Morgan fingerprint density at radius 3 is 2.08 bits per heavy atom. The van der Waals surface area contributed by atoms with Crippen molar-refractivity contribution in [2.24, 2.45) is 5.92 Å². The zero-order valence-electron chi connectivity index (χ0n) is 9.56. The Labute approximate surface area is 82.7 Å². The van der Waals surface area contributed by atoms with Gasteiger partial charge in [-0.05, 0) is 31.7 Å².